The van der Waals surface area contributed by atoms with Crippen molar-refractivity contribution in [3.8, 4) is 0 Å². The van der Waals surface area contributed by atoms with Crippen LogP contribution in [0.4, 0.5) is 0 Å². The van der Waals surface area contributed by atoms with Crippen LogP contribution < -0.4 is 5.32 Å². The summed E-state index contributed by atoms with van der Waals surface area (Å²) in [5, 5.41) is 7.57. The number of aryl methyl sites for hydroxylation is 1. The monoisotopic (exact) mass is 302 g/mol. The van der Waals surface area contributed by atoms with Crippen LogP contribution >= 0.6 is 0 Å². The van der Waals surface area contributed by atoms with Gasteiger partial charge < -0.3 is 5.32 Å². The highest BCUT2D eigenvalue weighted by Crippen LogP contribution is 2.23. The van der Waals surface area contributed by atoms with Gasteiger partial charge in [-0.25, -0.2) is 8.42 Å². The molecule has 0 atom stereocenters. The Balaban J connectivity index is 3.14. The minimum atomic E-state index is -3.48. The van der Waals surface area contributed by atoms with Gasteiger partial charge >= 0.3 is 0 Å². The molecule has 20 heavy (non-hydrogen) atoms. The lowest BCUT2D eigenvalue weighted by molar-refractivity contribution is 0.410. The first-order chi connectivity index (χ1) is 9.23. The summed E-state index contributed by atoms with van der Waals surface area (Å²) in [6, 6.07) is -0.0797. The summed E-state index contributed by atoms with van der Waals surface area (Å²) in [4.78, 5) is 0.338. The van der Waals surface area contributed by atoms with E-state index in [1.807, 2.05) is 27.7 Å². The molecular formula is C13H26N4O2S. The Labute approximate surface area is 122 Å². The van der Waals surface area contributed by atoms with Crippen LogP contribution in [0.3, 0.4) is 0 Å². The van der Waals surface area contributed by atoms with Gasteiger partial charge in [0.2, 0.25) is 10.0 Å². The van der Waals surface area contributed by atoms with Crippen LogP contribution in [-0.2, 0) is 16.6 Å². The van der Waals surface area contributed by atoms with Crippen LogP contribution in [0.25, 0.3) is 0 Å². The Morgan fingerprint density at radius 3 is 2.45 bits per heavy atom. The van der Waals surface area contributed by atoms with Crippen molar-refractivity contribution in [3.05, 3.63) is 11.4 Å². The van der Waals surface area contributed by atoms with Crippen molar-refractivity contribution in [1.82, 2.24) is 19.4 Å². The Hall–Kier alpha value is -0.920. The van der Waals surface area contributed by atoms with Gasteiger partial charge in [0.1, 0.15) is 4.90 Å². The minimum Gasteiger partial charge on any atom is -0.315 e. The standard InChI is InChI=1S/C13H26N4O2S/c1-7-14-8-9-17-12(5)13(11(4)15-17)20(18,19)16(6)10(2)3/h10,14H,7-9H2,1-6H3. The highest BCUT2D eigenvalue weighted by Gasteiger charge is 2.29. The van der Waals surface area contributed by atoms with Gasteiger partial charge in [0, 0.05) is 19.6 Å². The van der Waals surface area contributed by atoms with E-state index in [2.05, 4.69) is 10.4 Å². The molecular weight excluding hydrogens is 276 g/mol. The third kappa shape index (κ3) is 3.39. The molecule has 0 bridgehead atoms. The molecule has 0 unspecified atom stereocenters. The van der Waals surface area contributed by atoms with Crippen molar-refractivity contribution in [2.75, 3.05) is 20.1 Å². The molecule has 0 aliphatic heterocycles. The number of nitrogens with one attached hydrogen (secondary N) is 1. The van der Waals surface area contributed by atoms with Crippen molar-refractivity contribution in [1.29, 1.82) is 0 Å². The summed E-state index contributed by atoms with van der Waals surface area (Å²) in [5.41, 5.74) is 1.26. The molecule has 0 aromatic carbocycles. The third-order valence-corrected chi connectivity index (χ3v) is 5.72. The van der Waals surface area contributed by atoms with Crippen LogP contribution in [-0.4, -0.2) is 48.7 Å². The summed E-state index contributed by atoms with van der Waals surface area (Å²) in [5.74, 6) is 0. The van der Waals surface area contributed by atoms with E-state index >= 15 is 0 Å². The van der Waals surface area contributed by atoms with Crippen LogP contribution in [0.15, 0.2) is 4.90 Å². The van der Waals surface area contributed by atoms with Crippen molar-refractivity contribution < 1.29 is 8.42 Å². The zero-order valence-electron chi connectivity index (χ0n) is 13.3. The van der Waals surface area contributed by atoms with E-state index in [1.165, 1.54) is 4.31 Å². The van der Waals surface area contributed by atoms with E-state index in [4.69, 9.17) is 0 Å². The average molecular weight is 302 g/mol. The highest BCUT2D eigenvalue weighted by molar-refractivity contribution is 7.89. The second kappa shape index (κ2) is 6.69. The lowest BCUT2D eigenvalue weighted by Gasteiger charge is -2.21. The smallest absolute Gasteiger partial charge is 0.246 e. The van der Waals surface area contributed by atoms with Crippen LogP contribution in [0.5, 0.6) is 0 Å². The number of aromatic nitrogens is 2. The first-order valence-electron chi connectivity index (χ1n) is 6.96. The van der Waals surface area contributed by atoms with Gasteiger partial charge in [-0.3, -0.25) is 4.68 Å². The molecule has 0 radical (unpaired) electrons. The van der Waals surface area contributed by atoms with Gasteiger partial charge in [0.25, 0.3) is 0 Å². The molecule has 0 saturated carbocycles. The molecule has 6 nitrogen and oxygen atoms in total. The molecule has 7 heteroatoms. The van der Waals surface area contributed by atoms with Crippen LogP contribution in [0.2, 0.25) is 0 Å². The fourth-order valence-corrected chi connectivity index (χ4v) is 3.79. The number of hydrogen-bond donors (Lipinski definition) is 1. The predicted octanol–water partition coefficient (Wildman–Crippen LogP) is 1.14. The number of rotatable bonds is 7. The summed E-state index contributed by atoms with van der Waals surface area (Å²) >= 11 is 0. The third-order valence-electron chi connectivity index (χ3n) is 3.43. The minimum absolute atomic E-state index is 0.0797. The van der Waals surface area contributed by atoms with Crippen LogP contribution in [0, 0.1) is 13.8 Å². The highest BCUT2D eigenvalue weighted by atomic mass is 32.2. The van der Waals surface area contributed by atoms with Gasteiger partial charge in [-0.15, -0.1) is 0 Å². The molecule has 0 fully saturated rings. The molecule has 116 valence electrons. The number of nitrogens with zero attached hydrogens (tertiary/aromatic N) is 3. The van der Waals surface area contributed by atoms with E-state index in [1.54, 1.807) is 18.7 Å². The Morgan fingerprint density at radius 1 is 1.35 bits per heavy atom. The fourth-order valence-electron chi connectivity index (χ4n) is 2.05. The number of likely N-dealkylation sites (N-methyl/N-ethyl adjacent to an activating group) is 1. The number of hydrogen-bond acceptors (Lipinski definition) is 4. The van der Waals surface area contributed by atoms with E-state index in [9.17, 15) is 8.42 Å². The maximum atomic E-state index is 12.6. The predicted molar refractivity (Wildman–Crippen MR) is 80.3 cm³/mol. The molecule has 1 N–H and O–H groups in total. The van der Waals surface area contributed by atoms with E-state index in [0.717, 1.165) is 13.1 Å². The lowest BCUT2D eigenvalue weighted by atomic mass is 10.4. The first-order valence-corrected chi connectivity index (χ1v) is 8.40. The summed E-state index contributed by atoms with van der Waals surface area (Å²) in [6.45, 7) is 11.6. The maximum absolute atomic E-state index is 12.6. The fraction of sp³-hybridized carbons (Fsp3) is 0.769. The largest absolute Gasteiger partial charge is 0.315 e. The average Bonchev–Trinajstić information content (AvgIpc) is 2.64. The molecule has 0 amide bonds. The Morgan fingerprint density at radius 2 is 1.95 bits per heavy atom. The zero-order valence-corrected chi connectivity index (χ0v) is 14.1. The lowest BCUT2D eigenvalue weighted by Crippen LogP contribution is -2.33. The normalized spacial score (nSPS) is 12.6. The number of sulfonamides is 1. The molecule has 0 aliphatic carbocycles. The maximum Gasteiger partial charge on any atom is 0.246 e. The quantitative estimate of drug-likeness (QED) is 0.767. The van der Waals surface area contributed by atoms with Gasteiger partial charge in [-0.05, 0) is 34.2 Å². The second-order valence-corrected chi connectivity index (χ2v) is 7.13. The summed E-state index contributed by atoms with van der Waals surface area (Å²) in [7, 11) is -1.87. The van der Waals surface area contributed by atoms with Crippen molar-refractivity contribution in [2.45, 2.75) is 52.1 Å². The topological polar surface area (TPSA) is 67.2 Å². The van der Waals surface area contributed by atoms with Gasteiger partial charge in [0.05, 0.1) is 17.9 Å². The van der Waals surface area contributed by atoms with E-state index in [-0.39, 0.29) is 6.04 Å². The van der Waals surface area contributed by atoms with Crippen molar-refractivity contribution in [2.24, 2.45) is 0 Å². The molecule has 0 aliphatic rings. The van der Waals surface area contributed by atoms with Crippen molar-refractivity contribution in [3.63, 3.8) is 0 Å². The Kier molecular flexibility index (Phi) is 5.73. The molecule has 1 rings (SSSR count). The SMILES string of the molecule is CCNCCn1nc(C)c(S(=O)(=O)N(C)C(C)C)c1C. The molecule has 0 saturated heterocycles. The molecule has 1 aromatic rings. The van der Waals surface area contributed by atoms with E-state index in [0.29, 0.717) is 22.8 Å². The van der Waals surface area contributed by atoms with Gasteiger partial charge in [-0.1, -0.05) is 6.92 Å². The summed E-state index contributed by atoms with van der Waals surface area (Å²) in [6.07, 6.45) is 0. The van der Waals surface area contributed by atoms with E-state index < -0.39 is 10.0 Å². The first kappa shape index (κ1) is 17.1. The Bertz CT molecular complexity index is 549. The van der Waals surface area contributed by atoms with Crippen molar-refractivity contribution >= 4 is 10.0 Å². The van der Waals surface area contributed by atoms with Gasteiger partial charge in [-0.2, -0.15) is 9.40 Å². The molecule has 0 spiro atoms. The van der Waals surface area contributed by atoms with Gasteiger partial charge in [0.15, 0.2) is 0 Å². The second-order valence-electron chi connectivity index (χ2n) is 5.19. The summed E-state index contributed by atoms with van der Waals surface area (Å²) < 4.78 is 28.4. The zero-order chi connectivity index (χ0) is 15.5. The molecule has 1 aromatic heterocycles. The van der Waals surface area contributed by atoms with Crippen LogP contribution in [0.1, 0.15) is 32.2 Å². The molecule has 1 heterocycles.